The van der Waals surface area contributed by atoms with E-state index in [0.717, 1.165) is 12.1 Å². The molecule has 0 spiro atoms. The molecule has 2 atom stereocenters. The normalized spacial score (nSPS) is 19.8. The Kier molecular flexibility index (Phi) is 5.60. The number of nitrogens with one attached hydrogen (secondary N) is 3. The Morgan fingerprint density at radius 3 is 2.48 bits per heavy atom. The van der Waals surface area contributed by atoms with Gasteiger partial charge >= 0.3 is 6.03 Å². The van der Waals surface area contributed by atoms with Crippen molar-refractivity contribution in [2.24, 2.45) is 0 Å². The number of carbonyl (C=O) groups is 3. The second kappa shape index (κ2) is 7.96. The zero-order valence-corrected chi connectivity index (χ0v) is 15.8. The number of nitrogens with zero attached hydrogens (tertiary/aromatic N) is 1. The summed E-state index contributed by atoms with van der Waals surface area (Å²) in [6.45, 7) is 2.97. The van der Waals surface area contributed by atoms with Crippen LogP contribution in [0.4, 0.5) is 13.6 Å². The minimum absolute atomic E-state index is 0.251. The van der Waals surface area contributed by atoms with Crippen LogP contribution in [0.15, 0.2) is 48.5 Å². The Hall–Kier alpha value is -3.33. The lowest BCUT2D eigenvalue weighted by atomic mass is 9.92. The molecular weight excluding hydrogens is 382 g/mol. The first-order valence-electron chi connectivity index (χ1n) is 8.92. The fourth-order valence-electron chi connectivity index (χ4n) is 3.02. The van der Waals surface area contributed by atoms with Crippen molar-refractivity contribution in [2.75, 3.05) is 6.54 Å². The average molecular weight is 402 g/mol. The van der Waals surface area contributed by atoms with Crippen molar-refractivity contribution >= 4 is 17.8 Å². The molecule has 1 aliphatic heterocycles. The lowest BCUT2D eigenvalue weighted by molar-refractivity contribution is -0.138. The largest absolute Gasteiger partial charge is 0.344 e. The molecule has 4 amide bonds. The van der Waals surface area contributed by atoms with Crippen molar-refractivity contribution in [3.63, 3.8) is 0 Å². The molecule has 29 heavy (non-hydrogen) atoms. The summed E-state index contributed by atoms with van der Waals surface area (Å²) in [5.74, 6) is -3.20. The molecule has 0 saturated carbocycles. The highest BCUT2D eigenvalue weighted by Crippen LogP contribution is 2.27. The predicted octanol–water partition coefficient (Wildman–Crippen LogP) is 2.11. The summed E-state index contributed by atoms with van der Waals surface area (Å²) >= 11 is 0. The zero-order valence-electron chi connectivity index (χ0n) is 15.8. The molecule has 7 nitrogen and oxygen atoms in total. The highest BCUT2D eigenvalue weighted by Gasteiger charge is 2.49. The van der Waals surface area contributed by atoms with E-state index in [1.807, 2.05) is 0 Å². The number of hydrogen-bond donors (Lipinski definition) is 3. The van der Waals surface area contributed by atoms with Gasteiger partial charge in [-0.1, -0.05) is 36.4 Å². The van der Waals surface area contributed by atoms with Crippen LogP contribution in [0.1, 0.15) is 31.0 Å². The Morgan fingerprint density at radius 2 is 1.83 bits per heavy atom. The number of hydrazine groups is 1. The van der Waals surface area contributed by atoms with E-state index in [1.165, 1.54) is 6.07 Å². The summed E-state index contributed by atoms with van der Waals surface area (Å²) in [4.78, 5) is 37.2. The van der Waals surface area contributed by atoms with Gasteiger partial charge in [0.1, 0.15) is 5.54 Å². The second-order valence-electron chi connectivity index (χ2n) is 6.87. The SMILES string of the molecule is C[C@@H](NCC(=O)NN1C(=O)N[C@](C)(c2ccccc2)C1=O)c1ccc(F)c(F)c1. The maximum Gasteiger partial charge on any atom is 0.344 e. The topological polar surface area (TPSA) is 90.5 Å². The summed E-state index contributed by atoms with van der Waals surface area (Å²) in [6, 6.07) is 10.9. The summed E-state index contributed by atoms with van der Waals surface area (Å²) in [7, 11) is 0. The molecule has 1 saturated heterocycles. The first-order chi connectivity index (χ1) is 13.7. The monoisotopic (exact) mass is 402 g/mol. The van der Waals surface area contributed by atoms with E-state index >= 15 is 0 Å². The molecule has 1 heterocycles. The fraction of sp³-hybridized carbons (Fsp3) is 0.250. The van der Waals surface area contributed by atoms with E-state index < -0.39 is 41.1 Å². The fourth-order valence-corrected chi connectivity index (χ4v) is 3.02. The van der Waals surface area contributed by atoms with Gasteiger partial charge in [0.25, 0.3) is 11.8 Å². The van der Waals surface area contributed by atoms with Crippen molar-refractivity contribution in [3.8, 4) is 0 Å². The van der Waals surface area contributed by atoms with Crippen molar-refractivity contribution < 1.29 is 23.2 Å². The molecule has 152 valence electrons. The Labute approximate surface area is 166 Å². The molecule has 2 aromatic carbocycles. The third-order valence-corrected chi connectivity index (χ3v) is 4.79. The van der Waals surface area contributed by atoms with Crippen molar-refractivity contribution in [2.45, 2.75) is 25.4 Å². The van der Waals surface area contributed by atoms with Gasteiger partial charge < -0.3 is 10.6 Å². The number of urea groups is 1. The number of amides is 4. The summed E-state index contributed by atoms with van der Waals surface area (Å²) in [6.07, 6.45) is 0. The smallest absolute Gasteiger partial charge is 0.318 e. The maximum atomic E-state index is 13.3. The van der Waals surface area contributed by atoms with Crippen molar-refractivity contribution in [1.29, 1.82) is 0 Å². The first kappa shape index (κ1) is 20.4. The van der Waals surface area contributed by atoms with E-state index in [2.05, 4.69) is 16.1 Å². The van der Waals surface area contributed by atoms with Gasteiger partial charge in [0.15, 0.2) is 11.6 Å². The molecule has 0 radical (unpaired) electrons. The quantitative estimate of drug-likeness (QED) is 0.646. The van der Waals surface area contributed by atoms with Gasteiger partial charge in [-0.15, -0.1) is 0 Å². The molecular formula is C20H20F2N4O3. The third-order valence-electron chi connectivity index (χ3n) is 4.79. The number of halogens is 2. The Bertz CT molecular complexity index is 954. The van der Waals surface area contributed by atoms with Gasteiger partial charge in [-0.2, -0.15) is 5.01 Å². The van der Waals surface area contributed by atoms with Crippen LogP contribution in [-0.4, -0.2) is 29.4 Å². The van der Waals surface area contributed by atoms with Gasteiger partial charge in [0.2, 0.25) is 0 Å². The van der Waals surface area contributed by atoms with Crippen LogP contribution in [-0.2, 0) is 15.1 Å². The van der Waals surface area contributed by atoms with Crippen LogP contribution in [0, 0.1) is 11.6 Å². The number of benzene rings is 2. The lowest BCUT2D eigenvalue weighted by Crippen LogP contribution is -2.50. The predicted molar refractivity (Wildman–Crippen MR) is 100 cm³/mol. The molecule has 1 aliphatic rings. The van der Waals surface area contributed by atoms with Gasteiger partial charge in [-0.3, -0.25) is 15.0 Å². The van der Waals surface area contributed by atoms with E-state index in [9.17, 15) is 23.2 Å². The van der Waals surface area contributed by atoms with Crippen molar-refractivity contribution in [3.05, 3.63) is 71.3 Å². The molecule has 0 unspecified atom stereocenters. The first-order valence-corrected chi connectivity index (χ1v) is 8.92. The molecule has 3 rings (SSSR count). The van der Waals surface area contributed by atoms with E-state index in [4.69, 9.17) is 0 Å². The third kappa shape index (κ3) is 4.09. The van der Waals surface area contributed by atoms with Crippen molar-refractivity contribution in [1.82, 2.24) is 21.1 Å². The van der Waals surface area contributed by atoms with E-state index in [0.29, 0.717) is 16.1 Å². The number of rotatable bonds is 6. The number of carbonyl (C=O) groups excluding carboxylic acids is 3. The van der Waals surface area contributed by atoms with Crippen LogP contribution in [0.2, 0.25) is 0 Å². The molecule has 1 fully saturated rings. The second-order valence-corrected chi connectivity index (χ2v) is 6.87. The molecule has 0 bridgehead atoms. The Balaban J connectivity index is 1.61. The molecule has 2 aromatic rings. The highest BCUT2D eigenvalue weighted by molar-refractivity contribution is 6.08. The average Bonchev–Trinajstić information content (AvgIpc) is 2.93. The number of hydrogen-bond acceptors (Lipinski definition) is 4. The van der Waals surface area contributed by atoms with Crippen LogP contribution in [0.3, 0.4) is 0 Å². The summed E-state index contributed by atoms with van der Waals surface area (Å²) in [5, 5.41) is 6.05. The van der Waals surface area contributed by atoms with Gasteiger partial charge in [-0.25, -0.2) is 13.6 Å². The summed E-state index contributed by atoms with van der Waals surface area (Å²) in [5.41, 5.74) is 2.00. The van der Waals surface area contributed by atoms with Crippen LogP contribution >= 0.6 is 0 Å². The van der Waals surface area contributed by atoms with Crippen LogP contribution < -0.4 is 16.1 Å². The van der Waals surface area contributed by atoms with Gasteiger partial charge in [0.05, 0.1) is 6.54 Å². The van der Waals surface area contributed by atoms with E-state index in [-0.39, 0.29) is 6.54 Å². The molecule has 3 N–H and O–H groups in total. The molecule has 0 aliphatic carbocycles. The van der Waals surface area contributed by atoms with E-state index in [1.54, 1.807) is 44.2 Å². The summed E-state index contributed by atoms with van der Waals surface area (Å²) < 4.78 is 26.4. The molecule has 9 heteroatoms. The standard InChI is InChI=1S/C20H20F2N4O3/c1-12(13-8-9-15(21)16(22)10-13)23-11-17(27)25-26-18(28)20(2,24-19(26)29)14-6-4-3-5-7-14/h3-10,12,23H,11H2,1-2H3,(H,24,29)(H,25,27)/t12-,20-/m1/s1. The minimum atomic E-state index is -1.29. The zero-order chi connectivity index (χ0) is 21.2. The van der Waals surface area contributed by atoms with Gasteiger partial charge in [0, 0.05) is 6.04 Å². The highest BCUT2D eigenvalue weighted by atomic mass is 19.2. The lowest BCUT2D eigenvalue weighted by Gasteiger charge is -2.22. The minimum Gasteiger partial charge on any atom is -0.318 e. The molecule has 0 aromatic heterocycles. The Morgan fingerprint density at radius 1 is 1.14 bits per heavy atom. The maximum absolute atomic E-state index is 13.3. The van der Waals surface area contributed by atoms with Crippen LogP contribution in [0.5, 0.6) is 0 Å². The van der Waals surface area contributed by atoms with Gasteiger partial charge in [-0.05, 0) is 37.1 Å². The van der Waals surface area contributed by atoms with Crippen LogP contribution in [0.25, 0.3) is 0 Å². The number of imide groups is 1.